The highest BCUT2D eigenvalue weighted by atomic mass is 16.5. The standard InChI is InChI=1S/C11H14N2O2/c14-11(10-3-5-15-8-10)13-7-9-2-1-4-12-6-9/h1-2,4,6,10H,3,5,7-8H2,(H,13,14). The molecule has 1 N–H and O–H groups in total. The highest BCUT2D eigenvalue weighted by Crippen LogP contribution is 2.12. The van der Waals surface area contributed by atoms with Crippen LogP contribution in [-0.4, -0.2) is 24.1 Å². The summed E-state index contributed by atoms with van der Waals surface area (Å²) >= 11 is 0. The summed E-state index contributed by atoms with van der Waals surface area (Å²) in [6.07, 6.45) is 4.31. The van der Waals surface area contributed by atoms with Gasteiger partial charge in [0.2, 0.25) is 5.91 Å². The van der Waals surface area contributed by atoms with E-state index in [1.165, 1.54) is 0 Å². The van der Waals surface area contributed by atoms with Crippen LogP contribution in [0.15, 0.2) is 24.5 Å². The molecule has 1 atom stereocenters. The van der Waals surface area contributed by atoms with Crippen molar-refractivity contribution in [3.8, 4) is 0 Å². The molecule has 0 aromatic carbocycles. The third-order valence-corrected chi connectivity index (χ3v) is 2.49. The van der Waals surface area contributed by atoms with E-state index in [-0.39, 0.29) is 11.8 Å². The van der Waals surface area contributed by atoms with Crippen LogP contribution < -0.4 is 5.32 Å². The summed E-state index contributed by atoms with van der Waals surface area (Å²) in [5.41, 5.74) is 1.02. The quantitative estimate of drug-likeness (QED) is 0.793. The van der Waals surface area contributed by atoms with Crippen molar-refractivity contribution in [2.45, 2.75) is 13.0 Å². The maximum atomic E-state index is 11.6. The molecule has 2 heterocycles. The van der Waals surface area contributed by atoms with Gasteiger partial charge in [-0.25, -0.2) is 0 Å². The molecule has 0 bridgehead atoms. The second kappa shape index (κ2) is 4.89. The number of hydrogen-bond acceptors (Lipinski definition) is 3. The van der Waals surface area contributed by atoms with Gasteiger partial charge in [0.05, 0.1) is 12.5 Å². The minimum atomic E-state index is 0.0293. The lowest BCUT2D eigenvalue weighted by Crippen LogP contribution is -2.30. The number of pyridine rings is 1. The zero-order chi connectivity index (χ0) is 10.5. The van der Waals surface area contributed by atoms with Crippen LogP contribution in [-0.2, 0) is 16.1 Å². The summed E-state index contributed by atoms with van der Waals surface area (Å²) in [4.78, 5) is 15.6. The Balaban J connectivity index is 1.80. The van der Waals surface area contributed by atoms with E-state index >= 15 is 0 Å². The molecule has 0 spiro atoms. The molecule has 4 nitrogen and oxygen atoms in total. The highest BCUT2D eigenvalue weighted by molar-refractivity contribution is 5.78. The minimum Gasteiger partial charge on any atom is -0.381 e. The van der Waals surface area contributed by atoms with Gasteiger partial charge >= 0.3 is 0 Å². The van der Waals surface area contributed by atoms with Crippen molar-refractivity contribution >= 4 is 5.91 Å². The maximum absolute atomic E-state index is 11.6. The summed E-state index contributed by atoms with van der Waals surface area (Å²) in [6, 6.07) is 3.80. The monoisotopic (exact) mass is 206 g/mol. The molecule has 80 valence electrons. The SMILES string of the molecule is O=C(NCc1cccnc1)C1CCOC1. The first-order valence-electron chi connectivity index (χ1n) is 5.10. The number of nitrogens with one attached hydrogen (secondary N) is 1. The third-order valence-electron chi connectivity index (χ3n) is 2.49. The van der Waals surface area contributed by atoms with Gasteiger partial charge in [0.1, 0.15) is 0 Å². The predicted octanol–water partition coefficient (Wildman–Crippen LogP) is 0.734. The molecule has 1 fully saturated rings. The van der Waals surface area contributed by atoms with E-state index in [1.807, 2.05) is 12.1 Å². The van der Waals surface area contributed by atoms with Crippen LogP contribution in [0.1, 0.15) is 12.0 Å². The molecular weight excluding hydrogens is 192 g/mol. The van der Waals surface area contributed by atoms with Gasteiger partial charge in [0.15, 0.2) is 0 Å². The first kappa shape index (κ1) is 10.1. The first-order chi connectivity index (χ1) is 7.36. The molecule has 1 aromatic heterocycles. The van der Waals surface area contributed by atoms with E-state index in [0.29, 0.717) is 19.8 Å². The molecule has 1 amide bonds. The van der Waals surface area contributed by atoms with Gasteiger partial charge in [0.25, 0.3) is 0 Å². The van der Waals surface area contributed by atoms with Crippen LogP contribution in [0, 0.1) is 5.92 Å². The Morgan fingerprint density at radius 2 is 2.60 bits per heavy atom. The summed E-state index contributed by atoms with van der Waals surface area (Å²) in [7, 11) is 0. The van der Waals surface area contributed by atoms with E-state index in [9.17, 15) is 4.79 Å². The number of nitrogens with zero attached hydrogens (tertiary/aromatic N) is 1. The van der Waals surface area contributed by atoms with Crippen LogP contribution >= 0.6 is 0 Å². The van der Waals surface area contributed by atoms with Gasteiger partial charge in [-0.1, -0.05) is 6.07 Å². The van der Waals surface area contributed by atoms with Gasteiger partial charge < -0.3 is 10.1 Å². The number of rotatable bonds is 3. The lowest BCUT2D eigenvalue weighted by molar-refractivity contribution is -0.125. The van der Waals surface area contributed by atoms with Crippen molar-refractivity contribution in [2.75, 3.05) is 13.2 Å². The van der Waals surface area contributed by atoms with Gasteiger partial charge in [-0.2, -0.15) is 0 Å². The van der Waals surface area contributed by atoms with Crippen LogP contribution in [0.2, 0.25) is 0 Å². The van der Waals surface area contributed by atoms with Crippen LogP contribution in [0.25, 0.3) is 0 Å². The van der Waals surface area contributed by atoms with E-state index < -0.39 is 0 Å². The number of hydrogen-bond donors (Lipinski definition) is 1. The summed E-state index contributed by atoms with van der Waals surface area (Å²) in [5.74, 6) is 0.109. The number of aromatic nitrogens is 1. The van der Waals surface area contributed by atoms with Crippen molar-refractivity contribution < 1.29 is 9.53 Å². The number of ether oxygens (including phenoxy) is 1. The molecule has 1 aliphatic rings. The minimum absolute atomic E-state index is 0.0293. The summed E-state index contributed by atoms with van der Waals surface area (Å²) in [5, 5.41) is 2.88. The van der Waals surface area contributed by atoms with Crippen molar-refractivity contribution in [1.82, 2.24) is 10.3 Å². The second-order valence-corrected chi connectivity index (χ2v) is 3.64. The lowest BCUT2D eigenvalue weighted by atomic mass is 10.1. The number of carbonyl (C=O) groups is 1. The van der Waals surface area contributed by atoms with Crippen molar-refractivity contribution in [2.24, 2.45) is 5.92 Å². The Kier molecular flexibility index (Phi) is 3.29. The summed E-state index contributed by atoms with van der Waals surface area (Å²) in [6.45, 7) is 1.80. The normalized spacial score (nSPS) is 20.1. The van der Waals surface area contributed by atoms with Gasteiger partial charge in [-0.3, -0.25) is 9.78 Å². The van der Waals surface area contributed by atoms with Gasteiger partial charge in [-0.05, 0) is 18.1 Å². The molecule has 1 aromatic rings. The fraction of sp³-hybridized carbons (Fsp3) is 0.455. The van der Waals surface area contributed by atoms with Crippen molar-refractivity contribution in [3.63, 3.8) is 0 Å². The second-order valence-electron chi connectivity index (χ2n) is 3.64. The zero-order valence-corrected chi connectivity index (χ0v) is 8.48. The molecular formula is C11H14N2O2. The molecule has 0 aliphatic carbocycles. The fourth-order valence-electron chi connectivity index (χ4n) is 1.58. The highest BCUT2D eigenvalue weighted by Gasteiger charge is 2.22. The van der Waals surface area contributed by atoms with E-state index in [0.717, 1.165) is 12.0 Å². The smallest absolute Gasteiger partial charge is 0.225 e. The number of amides is 1. The van der Waals surface area contributed by atoms with Crippen LogP contribution in [0.3, 0.4) is 0 Å². The molecule has 0 saturated carbocycles. The predicted molar refractivity (Wildman–Crippen MR) is 55.0 cm³/mol. The fourth-order valence-corrected chi connectivity index (χ4v) is 1.58. The van der Waals surface area contributed by atoms with Crippen molar-refractivity contribution in [3.05, 3.63) is 30.1 Å². The van der Waals surface area contributed by atoms with Gasteiger partial charge in [0, 0.05) is 25.5 Å². The molecule has 2 rings (SSSR count). The Bertz CT molecular complexity index is 321. The average molecular weight is 206 g/mol. The third kappa shape index (κ3) is 2.76. The molecule has 4 heteroatoms. The van der Waals surface area contributed by atoms with E-state index in [1.54, 1.807) is 12.4 Å². The average Bonchev–Trinajstić information content (AvgIpc) is 2.81. The topological polar surface area (TPSA) is 51.2 Å². The Morgan fingerprint density at radius 1 is 1.67 bits per heavy atom. The first-order valence-corrected chi connectivity index (χ1v) is 5.10. The molecule has 15 heavy (non-hydrogen) atoms. The Morgan fingerprint density at radius 3 is 3.27 bits per heavy atom. The van der Waals surface area contributed by atoms with Crippen LogP contribution in [0.4, 0.5) is 0 Å². The Labute approximate surface area is 88.7 Å². The largest absolute Gasteiger partial charge is 0.381 e. The van der Waals surface area contributed by atoms with Crippen molar-refractivity contribution in [1.29, 1.82) is 0 Å². The lowest BCUT2D eigenvalue weighted by Gasteiger charge is -2.08. The van der Waals surface area contributed by atoms with Gasteiger partial charge in [-0.15, -0.1) is 0 Å². The van der Waals surface area contributed by atoms with E-state index in [4.69, 9.17) is 4.74 Å². The molecule has 1 saturated heterocycles. The number of carbonyl (C=O) groups excluding carboxylic acids is 1. The maximum Gasteiger partial charge on any atom is 0.225 e. The zero-order valence-electron chi connectivity index (χ0n) is 8.48. The molecule has 1 aliphatic heterocycles. The summed E-state index contributed by atoms with van der Waals surface area (Å²) < 4.78 is 5.16. The molecule has 1 unspecified atom stereocenters. The Hall–Kier alpha value is -1.42. The molecule has 0 radical (unpaired) electrons. The van der Waals surface area contributed by atoms with Crippen LogP contribution in [0.5, 0.6) is 0 Å². The van der Waals surface area contributed by atoms with E-state index in [2.05, 4.69) is 10.3 Å².